The van der Waals surface area contributed by atoms with Gasteiger partial charge in [-0.05, 0) is 27.7 Å². The SMILES string of the molecule is CC1COC(CBr)CN1C(=O)COC(C)(C)C. The number of rotatable bonds is 3. The van der Waals surface area contributed by atoms with Gasteiger partial charge in [-0.1, -0.05) is 15.9 Å². The Balaban J connectivity index is 2.49. The molecule has 1 aliphatic rings. The molecule has 1 fully saturated rings. The fraction of sp³-hybridized carbons (Fsp3) is 0.917. The average Bonchev–Trinajstić information content (AvgIpc) is 2.25. The molecule has 0 radical (unpaired) electrons. The van der Waals surface area contributed by atoms with Crippen LogP contribution in [-0.2, 0) is 14.3 Å². The molecule has 1 heterocycles. The van der Waals surface area contributed by atoms with Crippen LogP contribution in [-0.4, -0.2) is 53.6 Å². The van der Waals surface area contributed by atoms with Crippen molar-refractivity contribution in [3.63, 3.8) is 0 Å². The van der Waals surface area contributed by atoms with E-state index in [0.717, 1.165) is 5.33 Å². The van der Waals surface area contributed by atoms with Crippen molar-refractivity contribution < 1.29 is 14.3 Å². The molecule has 0 aromatic rings. The van der Waals surface area contributed by atoms with Crippen LogP contribution in [0.25, 0.3) is 0 Å². The summed E-state index contributed by atoms with van der Waals surface area (Å²) in [6.45, 7) is 9.22. The summed E-state index contributed by atoms with van der Waals surface area (Å²) < 4.78 is 11.1. The number of morpholine rings is 1. The van der Waals surface area contributed by atoms with E-state index in [2.05, 4.69) is 15.9 Å². The Hall–Kier alpha value is -0.130. The van der Waals surface area contributed by atoms with E-state index in [1.807, 2.05) is 32.6 Å². The van der Waals surface area contributed by atoms with Crippen molar-refractivity contribution in [2.45, 2.75) is 45.4 Å². The number of hydrogen-bond donors (Lipinski definition) is 0. The number of hydrogen-bond acceptors (Lipinski definition) is 3. The highest BCUT2D eigenvalue weighted by molar-refractivity contribution is 9.09. The molecule has 5 heteroatoms. The summed E-state index contributed by atoms with van der Waals surface area (Å²) >= 11 is 3.38. The third kappa shape index (κ3) is 4.94. The summed E-state index contributed by atoms with van der Waals surface area (Å²) in [5.41, 5.74) is -0.278. The Labute approximate surface area is 112 Å². The highest BCUT2D eigenvalue weighted by atomic mass is 79.9. The van der Waals surface area contributed by atoms with Crippen molar-refractivity contribution in [2.24, 2.45) is 0 Å². The van der Waals surface area contributed by atoms with Crippen LogP contribution < -0.4 is 0 Å². The lowest BCUT2D eigenvalue weighted by Crippen LogP contribution is -2.52. The monoisotopic (exact) mass is 307 g/mol. The van der Waals surface area contributed by atoms with Gasteiger partial charge < -0.3 is 14.4 Å². The van der Waals surface area contributed by atoms with E-state index < -0.39 is 0 Å². The van der Waals surface area contributed by atoms with Gasteiger partial charge in [0.05, 0.1) is 24.4 Å². The second-order valence-corrected chi connectivity index (χ2v) is 6.05. The maximum absolute atomic E-state index is 12.0. The maximum Gasteiger partial charge on any atom is 0.249 e. The Bertz CT molecular complexity index is 265. The van der Waals surface area contributed by atoms with Gasteiger partial charge in [0, 0.05) is 11.9 Å². The molecule has 1 saturated heterocycles. The molecule has 1 rings (SSSR count). The second-order valence-electron chi connectivity index (χ2n) is 5.41. The number of amides is 1. The Morgan fingerprint density at radius 2 is 2.18 bits per heavy atom. The molecular formula is C12H22BrNO3. The van der Waals surface area contributed by atoms with Gasteiger partial charge >= 0.3 is 0 Å². The van der Waals surface area contributed by atoms with Crippen molar-refractivity contribution in [1.82, 2.24) is 4.90 Å². The van der Waals surface area contributed by atoms with E-state index in [1.54, 1.807) is 0 Å². The number of carbonyl (C=O) groups is 1. The molecule has 0 N–H and O–H groups in total. The Morgan fingerprint density at radius 1 is 1.53 bits per heavy atom. The molecular weight excluding hydrogens is 286 g/mol. The maximum atomic E-state index is 12.0. The van der Waals surface area contributed by atoms with Crippen LogP contribution >= 0.6 is 15.9 Å². The zero-order valence-electron chi connectivity index (χ0n) is 11.0. The zero-order valence-corrected chi connectivity index (χ0v) is 12.6. The molecule has 0 aromatic heterocycles. The largest absolute Gasteiger partial charge is 0.373 e. The molecule has 100 valence electrons. The number of alkyl halides is 1. The minimum atomic E-state index is -0.278. The van der Waals surface area contributed by atoms with Gasteiger partial charge in [-0.2, -0.15) is 0 Å². The van der Waals surface area contributed by atoms with Crippen molar-refractivity contribution in [1.29, 1.82) is 0 Å². The molecule has 2 atom stereocenters. The van der Waals surface area contributed by atoms with Crippen LogP contribution in [0.1, 0.15) is 27.7 Å². The normalized spacial score (nSPS) is 26.1. The number of carbonyl (C=O) groups excluding carboxylic acids is 1. The molecule has 1 amide bonds. The first-order valence-electron chi connectivity index (χ1n) is 5.94. The summed E-state index contributed by atoms with van der Waals surface area (Å²) in [5, 5.41) is 0.754. The average molecular weight is 308 g/mol. The fourth-order valence-corrected chi connectivity index (χ4v) is 2.01. The standard InChI is InChI=1S/C12H22BrNO3/c1-9-7-16-10(5-13)6-14(9)11(15)8-17-12(2,3)4/h9-10H,5-8H2,1-4H3. The van der Waals surface area contributed by atoms with E-state index >= 15 is 0 Å². The molecule has 0 aromatic carbocycles. The van der Waals surface area contributed by atoms with E-state index in [1.165, 1.54) is 0 Å². The van der Waals surface area contributed by atoms with E-state index in [0.29, 0.717) is 13.2 Å². The molecule has 17 heavy (non-hydrogen) atoms. The van der Waals surface area contributed by atoms with Crippen molar-refractivity contribution >= 4 is 21.8 Å². The van der Waals surface area contributed by atoms with Gasteiger partial charge in [-0.3, -0.25) is 4.79 Å². The lowest BCUT2D eigenvalue weighted by atomic mass is 10.2. The van der Waals surface area contributed by atoms with Gasteiger partial charge in [0.25, 0.3) is 0 Å². The van der Waals surface area contributed by atoms with Crippen LogP contribution in [0.4, 0.5) is 0 Å². The van der Waals surface area contributed by atoms with Gasteiger partial charge in [-0.15, -0.1) is 0 Å². The quantitative estimate of drug-likeness (QED) is 0.747. The molecule has 0 bridgehead atoms. The van der Waals surface area contributed by atoms with Crippen molar-refractivity contribution in [3.05, 3.63) is 0 Å². The first kappa shape index (κ1) is 14.9. The third-order valence-corrected chi connectivity index (χ3v) is 3.35. The second kappa shape index (κ2) is 6.16. The molecule has 0 saturated carbocycles. The van der Waals surface area contributed by atoms with Crippen LogP contribution in [0.15, 0.2) is 0 Å². The van der Waals surface area contributed by atoms with Crippen molar-refractivity contribution in [2.75, 3.05) is 25.1 Å². The third-order valence-electron chi connectivity index (χ3n) is 2.63. The molecule has 4 nitrogen and oxygen atoms in total. The van der Waals surface area contributed by atoms with Crippen LogP contribution in [0, 0.1) is 0 Å². The number of halogens is 1. The Kier molecular flexibility index (Phi) is 5.41. The minimum absolute atomic E-state index is 0.0432. The first-order chi connectivity index (χ1) is 7.83. The van der Waals surface area contributed by atoms with Crippen LogP contribution in [0.3, 0.4) is 0 Å². The predicted molar refractivity (Wildman–Crippen MR) is 70.4 cm³/mol. The van der Waals surface area contributed by atoms with Crippen molar-refractivity contribution in [3.8, 4) is 0 Å². The summed E-state index contributed by atoms with van der Waals surface area (Å²) in [4.78, 5) is 13.9. The van der Waals surface area contributed by atoms with E-state index in [-0.39, 0.29) is 30.3 Å². The highest BCUT2D eigenvalue weighted by Crippen LogP contribution is 2.15. The zero-order chi connectivity index (χ0) is 13.1. The molecule has 1 aliphatic heterocycles. The highest BCUT2D eigenvalue weighted by Gasteiger charge is 2.29. The fourth-order valence-electron chi connectivity index (χ4n) is 1.62. The lowest BCUT2D eigenvalue weighted by Gasteiger charge is -2.38. The summed E-state index contributed by atoms with van der Waals surface area (Å²) in [7, 11) is 0. The Morgan fingerprint density at radius 3 is 2.71 bits per heavy atom. The number of ether oxygens (including phenoxy) is 2. The van der Waals surface area contributed by atoms with Gasteiger partial charge in [0.2, 0.25) is 5.91 Å². The molecule has 2 unspecified atom stereocenters. The predicted octanol–water partition coefficient (Wildman–Crippen LogP) is 1.81. The summed E-state index contributed by atoms with van der Waals surface area (Å²) in [5.74, 6) is 0.0432. The van der Waals surface area contributed by atoms with Crippen LogP contribution in [0.5, 0.6) is 0 Å². The number of nitrogens with zero attached hydrogens (tertiary/aromatic N) is 1. The first-order valence-corrected chi connectivity index (χ1v) is 7.06. The summed E-state index contributed by atoms with van der Waals surface area (Å²) in [6.07, 6.45) is 0.0878. The molecule has 0 spiro atoms. The van der Waals surface area contributed by atoms with E-state index in [9.17, 15) is 4.79 Å². The van der Waals surface area contributed by atoms with Gasteiger partial charge in [0.1, 0.15) is 6.61 Å². The molecule has 0 aliphatic carbocycles. The minimum Gasteiger partial charge on any atom is -0.373 e. The van der Waals surface area contributed by atoms with Crippen LogP contribution in [0.2, 0.25) is 0 Å². The summed E-state index contributed by atoms with van der Waals surface area (Å²) in [6, 6.07) is 0.126. The lowest BCUT2D eigenvalue weighted by molar-refractivity contribution is -0.152. The van der Waals surface area contributed by atoms with Gasteiger partial charge in [0.15, 0.2) is 0 Å². The van der Waals surface area contributed by atoms with E-state index in [4.69, 9.17) is 9.47 Å². The topological polar surface area (TPSA) is 38.8 Å². The van der Waals surface area contributed by atoms with Gasteiger partial charge in [-0.25, -0.2) is 0 Å². The smallest absolute Gasteiger partial charge is 0.249 e.